The molecule has 0 saturated carbocycles. The van der Waals surface area contributed by atoms with E-state index in [0.29, 0.717) is 19.6 Å². The first kappa shape index (κ1) is 13.8. The fourth-order valence-corrected chi connectivity index (χ4v) is 1.79. The van der Waals surface area contributed by atoms with Gasteiger partial charge in [-0.1, -0.05) is 0 Å². The number of Topliss-reactive ketones (excluding diaryl/α,β-unsaturated/α-hetero) is 2. The summed E-state index contributed by atoms with van der Waals surface area (Å²) in [6.07, 6.45) is 0.606. The number of carbonyl (C=O) groups is 3. The van der Waals surface area contributed by atoms with Gasteiger partial charge in [0, 0.05) is 18.9 Å². The molecule has 0 amide bonds. The van der Waals surface area contributed by atoms with Crippen LogP contribution in [-0.2, 0) is 23.9 Å². The van der Waals surface area contributed by atoms with Gasteiger partial charge in [-0.05, 0) is 20.3 Å². The maximum Gasteiger partial charge on any atom is 0.316 e. The van der Waals surface area contributed by atoms with E-state index in [1.165, 1.54) is 6.92 Å². The number of hydrogen-bond acceptors (Lipinski definition) is 5. The van der Waals surface area contributed by atoms with Gasteiger partial charge in [0.25, 0.3) is 0 Å². The number of hydrogen-bond donors (Lipinski definition) is 0. The summed E-state index contributed by atoms with van der Waals surface area (Å²) in [5.41, 5.74) is 0. The summed E-state index contributed by atoms with van der Waals surface area (Å²) in [6.45, 7) is 4.15. The lowest BCUT2D eigenvalue weighted by atomic mass is 9.91. The number of carbonyl (C=O) groups excluding carboxylic acids is 3. The van der Waals surface area contributed by atoms with Gasteiger partial charge in [0.15, 0.2) is 0 Å². The molecule has 2 atom stereocenters. The van der Waals surface area contributed by atoms with Crippen molar-refractivity contribution in [1.29, 1.82) is 0 Å². The van der Waals surface area contributed by atoms with Crippen molar-refractivity contribution in [3.05, 3.63) is 0 Å². The van der Waals surface area contributed by atoms with Crippen molar-refractivity contribution in [2.24, 2.45) is 11.8 Å². The van der Waals surface area contributed by atoms with Crippen molar-refractivity contribution in [3.8, 4) is 0 Å². The molecule has 1 fully saturated rings. The Hall–Kier alpha value is -1.23. The average Bonchev–Trinajstić information content (AvgIpc) is 2.78. The number of ketones is 2. The maximum atomic E-state index is 11.8. The van der Waals surface area contributed by atoms with Gasteiger partial charge in [-0.15, -0.1) is 0 Å². The highest BCUT2D eigenvalue weighted by molar-refractivity contribution is 6.01. The van der Waals surface area contributed by atoms with Gasteiger partial charge in [0.1, 0.15) is 17.5 Å². The van der Waals surface area contributed by atoms with E-state index in [1.54, 1.807) is 6.92 Å². The molecule has 0 bridgehead atoms. The standard InChI is InChI=1S/C12H18O5/c1-3-17-12(15)10(8(2)13)6-11(14)9-4-5-16-7-9/h9-10H,3-7H2,1-2H3. The minimum Gasteiger partial charge on any atom is -0.465 e. The van der Waals surface area contributed by atoms with Gasteiger partial charge in [0.05, 0.1) is 13.2 Å². The Morgan fingerprint density at radius 2 is 2.12 bits per heavy atom. The van der Waals surface area contributed by atoms with E-state index < -0.39 is 11.9 Å². The predicted octanol–water partition coefficient (Wildman–Crippen LogP) is 0.750. The first-order chi connectivity index (χ1) is 8.06. The molecule has 0 spiro atoms. The van der Waals surface area contributed by atoms with Crippen LogP contribution in [0.2, 0.25) is 0 Å². The van der Waals surface area contributed by atoms with Gasteiger partial charge < -0.3 is 9.47 Å². The molecule has 2 unspecified atom stereocenters. The van der Waals surface area contributed by atoms with Crippen molar-refractivity contribution in [2.75, 3.05) is 19.8 Å². The Bertz CT molecular complexity index is 304. The highest BCUT2D eigenvalue weighted by atomic mass is 16.5. The topological polar surface area (TPSA) is 69.7 Å². The number of esters is 1. The van der Waals surface area contributed by atoms with E-state index in [4.69, 9.17) is 9.47 Å². The van der Waals surface area contributed by atoms with Crippen LogP contribution in [0.5, 0.6) is 0 Å². The van der Waals surface area contributed by atoms with Crippen LogP contribution in [0.1, 0.15) is 26.7 Å². The minimum atomic E-state index is -0.956. The van der Waals surface area contributed by atoms with Crippen molar-refractivity contribution in [2.45, 2.75) is 26.7 Å². The second kappa shape index (κ2) is 6.49. The van der Waals surface area contributed by atoms with Crippen LogP contribution in [0.4, 0.5) is 0 Å². The zero-order valence-corrected chi connectivity index (χ0v) is 10.2. The van der Waals surface area contributed by atoms with Crippen LogP contribution in [0.15, 0.2) is 0 Å². The summed E-state index contributed by atoms with van der Waals surface area (Å²) in [5.74, 6) is -2.15. The summed E-state index contributed by atoms with van der Waals surface area (Å²) in [4.78, 5) is 34.7. The first-order valence-electron chi connectivity index (χ1n) is 5.83. The summed E-state index contributed by atoms with van der Waals surface area (Å²) >= 11 is 0. The molecular weight excluding hydrogens is 224 g/mol. The zero-order valence-electron chi connectivity index (χ0n) is 10.2. The van der Waals surface area contributed by atoms with Crippen molar-refractivity contribution >= 4 is 17.5 Å². The third-order valence-electron chi connectivity index (χ3n) is 2.85. The molecular formula is C12H18O5. The van der Waals surface area contributed by atoms with Crippen LogP contribution in [0.3, 0.4) is 0 Å². The van der Waals surface area contributed by atoms with Gasteiger partial charge in [-0.2, -0.15) is 0 Å². The Morgan fingerprint density at radius 1 is 1.41 bits per heavy atom. The normalized spacial score (nSPS) is 20.9. The maximum absolute atomic E-state index is 11.8. The van der Waals surface area contributed by atoms with Crippen LogP contribution in [-0.4, -0.2) is 37.4 Å². The molecule has 0 aromatic rings. The lowest BCUT2D eigenvalue weighted by Crippen LogP contribution is -2.29. The van der Waals surface area contributed by atoms with Crippen LogP contribution >= 0.6 is 0 Å². The second-order valence-electron chi connectivity index (χ2n) is 4.15. The van der Waals surface area contributed by atoms with Gasteiger partial charge in [-0.25, -0.2) is 0 Å². The quantitative estimate of drug-likeness (QED) is 0.508. The molecule has 0 radical (unpaired) electrons. The zero-order chi connectivity index (χ0) is 12.8. The van der Waals surface area contributed by atoms with E-state index in [2.05, 4.69) is 0 Å². The van der Waals surface area contributed by atoms with E-state index >= 15 is 0 Å². The fraction of sp³-hybridized carbons (Fsp3) is 0.750. The summed E-state index contributed by atoms with van der Waals surface area (Å²) in [5, 5.41) is 0. The molecule has 17 heavy (non-hydrogen) atoms. The fourth-order valence-electron chi connectivity index (χ4n) is 1.79. The third kappa shape index (κ3) is 3.93. The summed E-state index contributed by atoms with van der Waals surface area (Å²) in [7, 11) is 0. The Kier molecular flexibility index (Phi) is 5.28. The van der Waals surface area contributed by atoms with E-state index in [9.17, 15) is 14.4 Å². The molecule has 0 aromatic heterocycles. The van der Waals surface area contributed by atoms with Crippen molar-refractivity contribution in [3.63, 3.8) is 0 Å². The average molecular weight is 242 g/mol. The molecule has 0 N–H and O–H groups in total. The lowest BCUT2D eigenvalue weighted by molar-refractivity contribution is -0.153. The first-order valence-corrected chi connectivity index (χ1v) is 5.83. The lowest BCUT2D eigenvalue weighted by Gasteiger charge is -2.13. The minimum absolute atomic E-state index is 0.0673. The summed E-state index contributed by atoms with van der Waals surface area (Å²) in [6, 6.07) is 0. The molecule has 1 heterocycles. The van der Waals surface area contributed by atoms with Crippen molar-refractivity contribution < 1.29 is 23.9 Å². The van der Waals surface area contributed by atoms with Crippen LogP contribution < -0.4 is 0 Å². The Labute approximate surface area is 100 Å². The molecule has 1 aliphatic rings. The SMILES string of the molecule is CCOC(=O)C(CC(=O)C1CCOC1)C(C)=O. The third-order valence-corrected chi connectivity index (χ3v) is 2.85. The van der Waals surface area contributed by atoms with Gasteiger partial charge in [-0.3, -0.25) is 14.4 Å². The molecule has 5 heteroatoms. The molecule has 5 nitrogen and oxygen atoms in total. The van der Waals surface area contributed by atoms with Gasteiger partial charge in [0.2, 0.25) is 0 Å². The summed E-state index contributed by atoms with van der Waals surface area (Å²) < 4.78 is 9.89. The molecule has 1 rings (SSSR count). The molecule has 96 valence electrons. The Morgan fingerprint density at radius 3 is 2.59 bits per heavy atom. The van der Waals surface area contributed by atoms with Gasteiger partial charge >= 0.3 is 5.97 Å². The molecule has 0 aromatic carbocycles. The predicted molar refractivity (Wildman–Crippen MR) is 59.4 cm³/mol. The van der Waals surface area contributed by atoms with E-state index in [1.807, 2.05) is 0 Å². The van der Waals surface area contributed by atoms with Crippen LogP contribution in [0.25, 0.3) is 0 Å². The smallest absolute Gasteiger partial charge is 0.316 e. The Balaban J connectivity index is 2.56. The monoisotopic (exact) mass is 242 g/mol. The van der Waals surface area contributed by atoms with Crippen LogP contribution in [0, 0.1) is 11.8 Å². The molecule has 0 aliphatic carbocycles. The molecule has 1 aliphatic heterocycles. The molecule has 1 saturated heterocycles. The van der Waals surface area contributed by atoms with E-state index in [-0.39, 0.29) is 30.5 Å². The number of rotatable bonds is 6. The number of ether oxygens (including phenoxy) is 2. The largest absolute Gasteiger partial charge is 0.465 e. The second-order valence-corrected chi connectivity index (χ2v) is 4.15. The highest BCUT2D eigenvalue weighted by Gasteiger charge is 2.32. The highest BCUT2D eigenvalue weighted by Crippen LogP contribution is 2.19. The van der Waals surface area contributed by atoms with Crippen molar-refractivity contribution in [1.82, 2.24) is 0 Å². The van der Waals surface area contributed by atoms with E-state index in [0.717, 1.165) is 0 Å².